The molecule has 1 atom stereocenters. The molecule has 5 heteroatoms. The van der Waals surface area contributed by atoms with Gasteiger partial charge in [-0.15, -0.1) is 0 Å². The average Bonchev–Trinajstić information content (AvgIpc) is 2.71. The largest absolute Gasteiger partial charge is 0.466 e. The molecule has 0 fully saturated rings. The molecule has 2 rings (SSSR count). The standard InChI is InChI=1S/C12H12BrFN2O/c1-7-2-3-10(14)8(6-7)11(16-15)12-9(13)4-5-17-12/h2-6,11,16H,15H2,1H3. The van der Waals surface area contributed by atoms with Crippen molar-refractivity contribution in [1.29, 1.82) is 0 Å². The van der Waals surface area contributed by atoms with Crippen molar-refractivity contribution in [2.75, 3.05) is 0 Å². The highest BCUT2D eigenvalue weighted by Crippen LogP contribution is 2.30. The second kappa shape index (κ2) is 5.00. The van der Waals surface area contributed by atoms with Gasteiger partial charge in [0.05, 0.1) is 10.7 Å². The molecule has 3 nitrogen and oxygen atoms in total. The zero-order valence-corrected chi connectivity index (χ0v) is 10.8. The van der Waals surface area contributed by atoms with Crippen LogP contribution in [-0.4, -0.2) is 0 Å². The predicted octanol–water partition coefficient (Wildman–Crippen LogP) is 3.04. The molecule has 0 aliphatic carbocycles. The number of hydrazine groups is 1. The fraction of sp³-hybridized carbons (Fsp3) is 0.167. The molecule has 17 heavy (non-hydrogen) atoms. The first kappa shape index (κ1) is 12.3. The molecule has 0 aliphatic heterocycles. The summed E-state index contributed by atoms with van der Waals surface area (Å²) in [5.41, 5.74) is 3.99. The van der Waals surface area contributed by atoms with Crippen LogP contribution in [-0.2, 0) is 0 Å². The minimum atomic E-state index is -0.515. The van der Waals surface area contributed by atoms with E-state index < -0.39 is 6.04 Å². The Kier molecular flexibility index (Phi) is 3.61. The molecule has 90 valence electrons. The Labute approximate surface area is 107 Å². The van der Waals surface area contributed by atoms with E-state index in [1.165, 1.54) is 12.3 Å². The normalized spacial score (nSPS) is 12.7. The van der Waals surface area contributed by atoms with Gasteiger partial charge in [0.1, 0.15) is 17.6 Å². The van der Waals surface area contributed by atoms with E-state index in [0.717, 1.165) is 10.0 Å². The van der Waals surface area contributed by atoms with Gasteiger partial charge in [-0.2, -0.15) is 0 Å². The number of nitrogens with one attached hydrogen (secondary N) is 1. The Hall–Kier alpha value is -1.17. The zero-order chi connectivity index (χ0) is 12.4. The summed E-state index contributed by atoms with van der Waals surface area (Å²) in [6, 6.07) is 6.11. The third-order valence-electron chi connectivity index (χ3n) is 2.54. The van der Waals surface area contributed by atoms with Crippen molar-refractivity contribution in [3.8, 4) is 0 Å². The van der Waals surface area contributed by atoms with Crippen molar-refractivity contribution in [1.82, 2.24) is 5.43 Å². The lowest BCUT2D eigenvalue weighted by atomic mass is 10.0. The third-order valence-corrected chi connectivity index (χ3v) is 3.19. The van der Waals surface area contributed by atoms with Crippen LogP contribution in [0.1, 0.15) is 22.9 Å². The van der Waals surface area contributed by atoms with E-state index in [-0.39, 0.29) is 5.82 Å². The average molecular weight is 299 g/mol. The molecule has 0 saturated carbocycles. The van der Waals surface area contributed by atoms with Crippen molar-refractivity contribution in [3.63, 3.8) is 0 Å². The van der Waals surface area contributed by atoms with Gasteiger partial charge < -0.3 is 4.42 Å². The number of hydrogen-bond donors (Lipinski definition) is 2. The number of halogens is 2. The fourth-order valence-corrected chi connectivity index (χ4v) is 2.13. The molecule has 3 N–H and O–H groups in total. The number of hydrogen-bond acceptors (Lipinski definition) is 3. The van der Waals surface area contributed by atoms with Gasteiger partial charge in [0.25, 0.3) is 0 Å². The molecule has 1 aromatic carbocycles. The van der Waals surface area contributed by atoms with E-state index in [1.54, 1.807) is 18.2 Å². The lowest BCUT2D eigenvalue weighted by Gasteiger charge is -2.16. The highest BCUT2D eigenvalue weighted by atomic mass is 79.9. The molecule has 0 amide bonds. The SMILES string of the molecule is Cc1ccc(F)c(C(NN)c2occc2Br)c1. The molecule has 1 unspecified atom stereocenters. The summed E-state index contributed by atoms with van der Waals surface area (Å²) < 4.78 is 19.8. The van der Waals surface area contributed by atoms with Crippen LogP contribution < -0.4 is 11.3 Å². The highest BCUT2D eigenvalue weighted by molar-refractivity contribution is 9.10. The molecular formula is C12H12BrFN2O. The Balaban J connectivity index is 2.49. The summed E-state index contributed by atoms with van der Waals surface area (Å²) in [4.78, 5) is 0. The zero-order valence-electron chi connectivity index (χ0n) is 9.21. The number of rotatable bonds is 3. The smallest absolute Gasteiger partial charge is 0.140 e. The van der Waals surface area contributed by atoms with Crippen molar-refractivity contribution < 1.29 is 8.81 Å². The van der Waals surface area contributed by atoms with Crippen LogP contribution in [0.4, 0.5) is 4.39 Å². The van der Waals surface area contributed by atoms with Crippen LogP contribution in [0.3, 0.4) is 0 Å². The monoisotopic (exact) mass is 298 g/mol. The predicted molar refractivity (Wildman–Crippen MR) is 66.7 cm³/mol. The first-order valence-corrected chi connectivity index (χ1v) is 5.88. The molecule has 1 aromatic heterocycles. The maximum Gasteiger partial charge on any atom is 0.140 e. The Morgan fingerprint density at radius 1 is 1.41 bits per heavy atom. The third kappa shape index (κ3) is 2.41. The van der Waals surface area contributed by atoms with Crippen molar-refractivity contribution in [2.24, 2.45) is 5.84 Å². The number of furan rings is 1. The summed E-state index contributed by atoms with van der Waals surface area (Å²) >= 11 is 3.34. The second-order valence-corrected chi connectivity index (χ2v) is 4.61. The van der Waals surface area contributed by atoms with E-state index in [9.17, 15) is 4.39 Å². The van der Waals surface area contributed by atoms with Crippen molar-refractivity contribution >= 4 is 15.9 Å². The Morgan fingerprint density at radius 2 is 2.18 bits per heavy atom. The van der Waals surface area contributed by atoms with Gasteiger partial charge in [0.15, 0.2) is 0 Å². The Bertz CT molecular complexity index is 527. The maximum absolute atomic E-state index is 13.8. The van der Waals surface area contributed by atoms with Crippen molar-refractivity contribution in [3.05, 3.63) is 57.7 Å². The van der Waals surface area contributed by atoms with Gasteiger partial charge in [-0.1, -0.05) is 17.7 Å². The number of benzene rings is 1. The van der Waals surface area contributed by atoms with Crippen LogP contribution in [0.5, 0.6) is 0 Å². The van der Waals surface area contributed by atoms with Crippen LogP contribution in [0.2, 0.25) is 0 Å². The second-order valence-electron chi connectivity index (χ2n) is 3.76. The summed E-state index contributed by atoms with van der Waals surface area (Å²) in [6.45, 7) is 1.90. The van der Waals surface area contributed by atoms with Gasteiger partial charge in [-0.25, -0.2) is 9.82 Å². The topological polar surface area (TPSA) is 51.2 Å². The van der Waals surface area contributed by atoms with Crippen LogP contribution in [0.25, 0.3) is 0 Å². The van der Waals surface area contributed by atoms with E-state index >= 15 is 0 Å². The van der Waals surface area contributed by atoms with Gasteiger partial charge in [-0.05, 0) is 35.0 Å². The van der Waals surface area contributed by atoms with Crippen LogP contribution >= 0.6 is 15.9 Å². The van der Waals surface area contributed by atoms with E-state index in [0.29, 0.717) is 11.3 Å². The summed E-state index contributed by atoms with van der Waals surface area (Å²) in [6.07, 6.45) is 1.53. The lowest BCUT2D eigenvalue weighted by molar-refractivity contribution is 0.439. The van der Waals surface area contributed by atoms with Crippen LogP contribution in [0.15, 0.2) is 39.4 Å². The Morgan fingerprint density at radius 3 is 2.76 bits per heavy atom. The number of nitrogens with two attached hydrogens (primary N) is 1. The molecule has 0 spiro atoms. The fourth-order valence-electron chi connectivity index (χ4n) is 1.70. The van der Waals surface area contributed by atoms with Gasteiger partial charge in [-0.3, -0.25) is 5.84 Å². The summed E-state index contributed by atoms with van der Waals surface area (Å²) in [5.74, 6) is 5.72. The summed E-state index contributed by atoms with van der Waals surface area (Å²) in [7, 11) is 0. The molecule has 0 bridgehead atoms. The maximum atomic E-state index is 13.8. The van der Waals surface area contributed by atoms with E-state index in [4.69, 9.17) is 10.3 Å². The first-order chi connectivity index (χ1) is 8.13. The quantitative estimate of drug-likeness (QED) is 0.676. The molecular weight excluding hydrogens is 287 g/mol. The minimum Gasteiger partial charge on any atom is -0.466 e. The molecule has 2 aromatic rings. The highest BCUT2D eigenvalue weighted by Gasteiger charge is 2.21. The molecule has 0 saturated heterocycles. The first-order valence-electron chi connectivity index (χ1n) is 5.08. The van der Waals surface area contributed by atoms with E-state index in [2.05, 4.69) is 21.4 Å². The van der Waals surface area contributed by atoms with Crippen LogP contribution in [0, 0.1) is 12.7 Å². The van der Waals surface area contributed by atoms with E-state index in [1.807, 2.05) is 6.92 Å². The summed E-state index contributed by atoms with van der Waals surface area (Å²) in [5, 5.41) is 0. The molecule has 0 aliphatic rings. The van der Waals surface area contributed by atoms with Crippen molar-refractivity contribution in [2.45, 2.75) is 13.0 Å². The van der Waals surface area contributed by atoms with Gasteiger partial charge >= 0.3 is 0 Å². The lowest BCUT2D eigenvalue weighted by Crippen LogP contribution is -2.29. The van der Waals surface area contributed by atoms with Gasteiger partial charge in [0.2, 0.25) is 0 Å². The number of aryl methyl sites for hydroxylation is 1. The minimum absolute atomic E-state index is 0.318. The molecule has 0 radical (unpaired) electrons. The van der Waals surface area contributed by atoms with Gasteiger partial charge in [0, 0.05) is 5.56 Å². The molecule has 1 heterocycles.